The van der Waals surface area contributed by atoms with Crippen LogP contribution in [0, 0.1) is 0 Å². The molecule has 4 rings (SSSR count). The Morgan fingerprint density at radius 2 is 1.16 bits per heavy atom. The van der Waals surface area contributed by atoms with Gasteiger partial charge in [-0.2, -0.15) is 0 Å². The van der Waals surface area contributed by atoms with Crippen LogP contribution in [0.15, 0.2) is 70.7 Å². The first-order chi connectivity index (χ1) is 15.5. The van der Waals surface area contributed by atoms with Gasteiger partial charge in [0.25, 0.3) is 0 Å². The molecule has 6 nitrogen and oxygen atoms in total. The summed E-state index contributed by atoms with van der Waals surface area (Å²) >= 11 is 0. The maximum Gasteiger partial charge on any atom is 0.302 e. The monoisotopic (exact) mass is 464 g/mol. The molecular formula is C24H20N2O4S2. The fourth-order valence-corrected chi connectivity index (χ4v) is 5.47. The summed E-state index contributed by atoms with van der Waals surface area (Å²) in [5, 5.41) is 2.08. The van der Waals surface area contributed by atoms with Gasteiger partial charge in [0.15, 0.2) is 0 Å². The van der Waals surface area contributed by atoms with E-state index in [1.54, 1.807) is 34.0 Å². The van der Waals surface area contributed by atoms with Gasteiger partial charge < -0.3 is 9.47 Å². The SMILES string of the molecule is CC(=O)OCc1ccc2c(SSc3ccnc4cc(COC(C)=O)ccc34)ccnc2c1. The van der Waals surface area contributed by atoms with Crippen molar-refractivity contribution >= 4 is 55.3 Å². The van der Waals surface area contributed by atoms with Crippen LogP contribution in [-0.2, 0) is 32.3 Å². The van der Waals surface area contributed by atoms with E-state index in [0.29, 0.717) is 0 Å². The molecule has 0 saturated heterocycles. The number of hydrogen-bond acceptors (Lipinski definition) is 8. The number of esters is 2. The highest BCUT2D eigenvalue weighted by molar-refractivity contribution is 8.76. The number of nitrogens with zero attached hydrogens (tertiary/aromatic N) is 2. The van der Waals surface area contributed by atoms with Crippen LogP contribution in [0.2, 0.25) is 0 Å². The van der Waals surface area contributed by atoms with Crippen molar-refractivity contribution in [2.75, 3.05) is 0 Å². The smallest absolute Gasteiger partial charge is 0.302 e. The molecule has 0 spiro atoms. The Labute approximate surface area is 193 Å². The number of rotatable bonds is 7. The zero-order chi connectivity index (χ0) is 22.5. The van der Waals surface area contributed by atoms with Crippen molar-refractivity contribution in [1.29, 1.82) is 0 Å². The van der Waals surface area contributed by atoms with Crippen molar-refractivity contribution in [2.45, 2.75) is 36.9 Å². The van der Waals surface area contributed by atoms with Crippen LogP contribution in [0.25, 0.3) is 21.8 Å². The largest absolute Gasteiger partial charge is 0.461 e. The van der Waals surface area contributed by atoms with Crippen LogP contribution >= 0.6 is 21.6 Å². The normalized spacial score (nSPS) is 10.9. The summed E-state index contributed by atoms with van der Waals surface area (Å²) in [6, 6.07) is 15.8. The maximum absolute atomic E-state index is 11.1. The Morgan fingerprint density at radius 3 is 1.56 bits per heavy atom. The van der Waals surface area contributed by atoms with E-state index in [-0.39, 0.29) is 25.2 Å². The first kappa shape index (κ1) is 22.1. The topological polar surface area (TPSA) is 78.4 Å². The lowest BCUT2D eigenvalue weighted by Gasteiger charge is -2.09. The Kier molecular flexibility index (Phi) is 6.92. The molecule has 0 unspecified atom stereocenters. The molecule has 2 heterocycles. The molecule has 2 aromatic carbocycles. The lowest BCUT2D eigenvalue weighted by atomic mass is 10.1. The summed E-state index contributed by atoms with van der Waals surface area (Å²) in [5.74, 6) is -0.608. The standard InChI is InChI=1S/C24H20N2O4S2/c1-15(27)29-13-17-3-5-19-21(11-17)25-9-7-23(19)31-32-24-8-10-26-22-12-18(4-6-20(22)24)14-30-16(2)28/h3-12H,13-14H2,1-2H3. The quantitative estimate of drug-likeness (QED) is 0.254. The van der Waals surface area contributed by atoms with Crippen LogP contribution in [0.3, 0.4) is 0 Å². The van der Waals surface area contributed by atoms with Gasteiger partial charge in [0.2, 0.25) is 0 Å². The second-order valence-electron chi connectivity index (χ2n) is 7.05. The second-order valence-corrected chi connectivity index (χ2v) is 9.26. The van der Waals surface area contributed by atoms with Crippen LogP contribution in [0.5, 0.6) is 0 Å². The number of hydrogen-bond donors (Lipinski definition) is 0. The molecule has 0 radical (unpaired) electrons. The molecule has 2 aromatic heterocycles. The first-order valence-electron chi connectivity index (χ1n) is 9.86. The Morgan fingerprint density at radius 1 is 0.719 bits per heavy atom. The Hall–Kier alpha value is -3.10. The number of fused-ring (bicyclic) bond motifs is 2. The Balaban J connectivity index is 1.53. The predicted molar refractivity (Wildman–Crippen MR) is 126 cm³/mol. The third-order valence-corrected chi connectivity index (χ3v) is 7.12. The molecule has 0 fully saturated rings. The van der Waals surface area contributed by atoms with Crippen LogP contribution < -0.4 is 0 Å². The molecule has 0 aliphatic carbocycles. The summed E-state index contributed by atoms with van der Waals surface area (Å²) in [6.45, 7) is 3.27. The number of carbonyl (C=O) groups is 2. The molecule has 4 aromatic rings. The highest BCUT2D eigenvalue weighted by Gasteiger charge is 2.09. The van der Waals surface area contributed by atoms with Crippen molar-refractivity contribution in [1.82, 2.24) is 9.97 Å². The average Bonchev–Trinajstić information content (AvgIpc) is 2.79. The minimum Gasteiger partial charge on any atom is -0.461 e. The highest BCUT2D eigenvalue weighted by Crippen LogP contribution is 2.42. The summed E-state index contributed by atoms with van der Waals surface area (Å²) in [7, 11) is 3.31. The van der Waals surface area contributed by atoms with E-state index in [9.17, 15) is 9.59 Å². The molecule has 32 heavy (non-hydrogen) atoms. The summed E-state index contributed by atoms with van der Waals surface area (Å²) in [6.07, 6.45) is 3.57. The van der Waals surface area contributed by atoms with E-state index < -0.39 is 0 Å². The zero-order valence-electron chi connectivity index (χ0n) is 17.5. The summed E-state index contributed by atoms with van der Waals surface area (Å²) < 4.78 is 10.2. The molecule has 0 atom stereocenters. The molecule has 0 saturated carbocycles. The molecule has 0 amide bonds. The first-order valence-corrected chi connectivity index (χ1v) is 12.0. The molecule has 0 aliphatic rings. The molecule has 0 bridgehead atoms. The maximum atomic E-state index is 11.1. The van der Waals surface area contributed by atoms with Gasteiger partial charge in [-0.05, 0) is 35.4 Å². The van der Waals surface area contributed by atoms with E-state index in [4.69, 9.17) is 9.47 Å². The van der Waals surface area contributed by atoms with Gasteiger partial charge in [0.05, 0.1) is 11.0 Å². The van der Waals surface area contributed by atoms with E-state index in [1.165, 1.54) is 13.8 Å². The molecule has 8 heteroatoms. The molecule has 0 aliphatic heterocycles. The number of benzene rings is 2. The van der Waals surface area contributed by atoms with Gasteiger partial charge in [-0.15, -0.1) is 0 Å². The lowest BCUT2D eigenvalue weighted by molar-refractivity contribution is -0.143. The summed E-state index contributed by atoms with van der Waals surface area (Å²) in [5.41, 5.74) is 3.52. The number of ether oxygens (including phenoxy) is 2. The van der Waals surface area contributed by atoms with Crippen molar-refractivity contribution in [2.24, 2.45) is 0 Å². The van der Waals surface area contributed by atoms with Crippen molar-refractivity contribution in [3.05, 3.63) is 72.1 Å². The minimum absolute atomic E-state index is 0.238. The average molecular weight is 465 g/mol. The van der Waals surface area contributed by atoms with Gasteiger partial charge in [-0.3, -0.25) is 19.6 Å². The number of aromatic nitrogens is 2. The van der Waals surface area contributed by atoms with Gasteiger partial charge in [0.1, 0.15) is 13.2 Å². The van der Waals surface area contributed by atoms with E-state index in [1.807, 2.05) is 48.5 Å². The van der Waals surface area contributed by atoms with Gasteiger partial charge in [-0.25, -0.2) is 0 Å². The third kappa shape index (κ3) is 5.38. The summed E-state index contributed by atoms with van der Waals surface area (Å²) in [4.78, 5) is 33.2. The van der Waals surface area contributed by atoms with Crippen LogP contribution in [0.1, 0.15) is 25.0 Å². The van der Waals surface area contributed by atoms with Gasteiger partial charge in [0, 0.05) is 46.8 Å². The molecule has 162 valence electrons. The van der Waals surface area contributed by atoms with Gasteiger partial charge in [-0.1, -0.05) is 45.9 Å². The van der Waals surface area contributed by atoms with E-state index in [2.05, 4.69) is 9.97 Å². The fourth-order valence-electron chi connectivity index (χ4n) is 3.12. The van der Waals surface area contributed by atoms with Gasteiger partial charge >= 0.3 is 11.9 Å². The minimum atomic E-state index is -0.304. The van der Waals surface area contributed by atoms with E-state index in [0.717, 1.165) is 42.7 Å². The number of carbonyl (C=O) groups excluding carboxylic acids is 2. The molecule has 0 N–H and O–H groups in total. The van der Waals surface area contributed by atoms with E-state index >= 15 is 0 Å². The number of pyridine rings is 2. The predicted octanol–water partition coefficient (Wildman–Crippen LogP) is 5.71. The van der Waals surface area contributed by atoms with Crippen molar-refractivity contribution < 1.29 is 19.1 Å². The fraction of sp³-hybridized carbons (Fsp3) is 0.167. The lowest BCUT2D eigenvalue weighted by Crippen LogP contribution is -1.98. The Bertz CT molecular complexity index is 1210. The third-order valence-electron chi connectivity index (χ3n) is 4.64. The second kappa shape index (κ2) is 10.0. The van der Waals surface area contributed by atoms with Crippen LogP contribution in [0.4, 0.5) is 0 Å². The zero-order valence-corrected chi connectivity index (χ0v) is 19.2. The van der Waals surface area contributed by atoms with Crippen molar-refractivity contribution in [3.8, 4) is 0 Å². The molecular weight excluding hydrogens is 444 g/mol. The van der Waals surface area contributed by atoms with Crippen LogP contribution in [-0.4, -0.2) is 21.9 Å². The highest BCUT2D eigenvalue weighted by atomic mass is 33.1. The van der Waals surface area contributed by atoms with Crippen molar-refractivity contribution in [3.63, 3.8) is 0 Å².